The molecular formula is C20H27FN2O3. The topological polar surface area (TPSA) is 85.3 Å². The van der Waals surface area contributed by atoms with Crippen molar-refractivity contribution in [2.75, 3.05) is 6.61 Å². The van der Waals surface area contributed by atoms with Gasteiger partial charge in [-0.2, -0.15) is 5.26 Å². The van der Waals surface area contributed by atoms with Gasteiger partial charge in [0, 0.05) is 0 Å². The van der Waals surface area contributed by atoms with E-state index in [4.69, 9.17) is 15.2 Å². The molecular weight excluding hydrogens is 335 g/mol. The zero-order valence-corrected chi connectivity index (χ0v) is 15.7. The third-order valence-electron chi connectivity index (χ3n) is 4.34. The van der Waals surface area contributed by atoms with E-state index >= 15 is 0 Å². The second-order valence-corrected chi connectivity index (χ2v) is 7.87. The molecule has 1 aromatic rings. The number of hydrogen-bond acceptors (Lipinski definition) is 5. The number of halogens is 1. The fourth-order valence-electron chi connectivity index (χ4n) is 3.07. The molecule has 6 heteroatoms. The molecule has 2 rings (SSSR count). The lowest BCUT2D eigenvalue weighted by Crippen LogP contribution is -2.38. The van der Waals surface area contributed by atoms with Crippen LogP contribution < -0.4 is 10.5 Å². The van der Waals surface area contributed by atoms with Gasteiger partial charge < -0.3 is 15.2 Å². The second kappa shape index (κ2) is 8.50. The number of nitrogens with zero attached hydrogens (tertiary/aromatic N) is 1. The first-order valence-corrected chi connectivity index (χ1v) is 9.03. The van der Waals surface area contributed by atoms with E-state index in [0.29, 0.717) is 18.1 Å². The fraction of sp³-hybridized carbons (Fsp3) is 0.600. The number of ether oxygens (including phenoxy) is 2. The molecule has 0 saturated heterocycles. The summed E-state index contributed by atoms with van der Waals surface area (Å²) in [5.74, 6) is -0.554. The molecule has 0 spiro atoms. The predicted molar refractivity (Wildman–Crippen MR) is 96.1 cm³/mol. The number of carbonyl (C=O) groups excluding carboxylic acids is 1. The number of carbonyl (C=O) groups is 1. The van der Waals surface area contributed by atoms with E-state index in [2.05, 4.69) is 0 Å². The molecule has 1 saturated carbocycles. The molecule has 1 aliphatic rings. The normalized spacial score (nSPS) is 16.2. The molecule has 1 atom stereocenters. The first-order chi connectivity index (χ1) is 12.2. The molecule has 0 bridgehead atoms. The fourth-order valence-corrected chi connectivity index (χ4v) is 3.07. The maximum Gasteiger partial charge on any atom is 0.323 e. The Kier molecular flexibility index (Phi) is 6.60. The zero-order valence-electron chi connectivity index (χ0n) is 15.7. The van der Waals surface area contributed by atoms with Gasteiger partial charge in [0.25, 0.3) is 0 Å². The minimum atomic E-state index is -0.913. The van der Waals surface area contributed by atoms with Crippen LogP contribution in [0.2, 0.25) is 0 Å². The molecule has 26 heavy (non-hydrogen) atoms. The zero-order chi connectivity index (χ0) is 19.3. The Labute approximate surface area is 154 Å². The molecule has 142 valence electrons. The van der Waals surface area contributed by atoms with Crippen LogP contribution in [-0.2, 0) is 16.0 Å². The number of benzene rings is 1. The van der Waals surface area contributed by atoms with Gasteiger partial charge in [-0.25, -0.2) is 4.39 Å². The number of rotatable bonds is 6. The van der Waals surface area contributed by atoms with Crippen LogP contribution in [0.3, 0.4) is 0 Å². The van der Waals surface area contributed by atoms with Crippen molar-refractivity contribution < 1.29 is 18.7 Å². The van der Waals surface area contributed by atoms with Crippen LogP contribution in [0.4, 0.5) is 4.39 Å². The number of esters is 1. The van der Waals surface area contributed by atoms with Crippen LogP contribution in [0.5, 0.6) is 5.75 Å². The summed E-state index contributed by atoms with van der Waals surface area (Å²) >= 11 is 0. The number of nitrogens with two attached hydrogens (primary N) is 1. The molecule has 2 N–H and O–H groups in total. The molecule has 0 amide bonds. The second-order valence-electron chi connectivity index (χ2n) is 7.87. The standard InChI is InChI=1S/C20H27FN2O3/c1-20(2,3)26-19(24)17(23)9-14-8-16(21)15(11-22)18(10-14)25-12-13-6-4-5-7-13/h8,10,13,17H,4-7,9,12,23H2,1-3H3. The summed E-state index contributed by atoms with van der Waals surface area (Å²) in [6, 6.07) is 3.76. The van der Waals surface area contributed by atoms with E-state index in [1.165, 1.54) is 18.9 Å². The Hall–Kier alpha value is -2.13. The average molecular weight is 362 g/mol. The van der Waals surface area contributed by atoms with E-state index in [1.54, 1.807) is 26.8 Å². The van der Waals surface area contributed by atoms with Crippen LogP contribution in [0.1, 0.15) is 57.6 Å². The largest absolute Gasteiger partial charge is 0.492 e. The van der Waals surface area contributed by atoms with Gasteiger partial charge >= 0.3 is 5.97 Å². The highest BCUT2D eigenvalue weighted by molar-refractivity contribution is 5.76. The third-order valence-corrected chi connectivity index (χ3v) is 4.34. The van der Waals surface area contributed by atoms with Gasteiger partial charge in [-0.1, -0.05) is 12.8 Å². The summed E-state index contributed by atoms with van der Waals surface area (Å²) in [6.07, 6.45) is 4.65. The SMILES string of the molecule is CC(C)(C)OC(=O)C(N)Cc1cc(F)c(C#N)c(OCC2CCCC2)c1. The lowest BCUT2D eigenvalue weighted by Gasteiger charge is -2.22. The summed E-state index contributed by atoms with van der Waals surface area (Å²) in [6.45, 7) is 5.74. The van der Waals surface area contributed by atoms with Crippen LogP contribution in [0.25, 0.3) is 0 Å². The lowest BCUT2D eigenvalue weighted by molar-refractivity contribution is -0.156. The van der Waals surface area contributed by atoms with Crippen molar-refractivity contribution in [2.24, 2.45) is 11.7 Å². The van der Waals surface area contributed by atoms with E-state index < -0.39 is 23.4 Å². The van der Waals surface area contributed by atoms with Gasteiger partial charge in [0.2, 0.25) is 0 Å². The highest BCUT2D eigenvalue weighted by Gasteiger charge is 2.24. The predicted octanol–water partition coefficient (Wildman–Crippen LogP) is 3.48. The van der Waals surface area contributed by atoms with Gasteiger partial charge in [0.05, 0.1) is 6.61 Å². The molecule has 1 aromatic carbocycles. The first kappa shape index (κ1) is 20.2. The third kappa shape index (κ3) is 5.70. The highest BCUT2D eigenvalue weighted by Crippen LogP contribution is 2.28. The van der Waals surface area contributed by atoms with Crippen molar-refractivity contribution in [3.63, 3.8) is 0 Å². The van der Waals surface area contributed by atoms with Crippen molar-refractivity contribution in [1.29, 1.82) is 5.26 Å². The van der Waals surface area contributed by atoms with E-state index in [1.807, 2.05) is 6.07 Å². The minimum absolute atomic E-state index is 0.108. The molecule has 0 heterocycles. The summed E-state index contributed by atoms with van der Waals surface area (Å²) < 4.78 is 25.3. The van der Waals surface area contributed by atoms with Gasteiger partial charge in [-0.05, 0) is 63.6 Å². The molecule has 1 unspecified atom stereocenters. The van der Waals surface area contributed by atoms with Gasteiger partial charge in [-0.15, -0.1) is 0 Å². The first-order valence-electron chi connectivity index (χ1n) is 9.03. The van der Waals surface area contributed by atoms with Crippen LogP contribution in [-0.4, -0.2) is 24.2 Å². The maximum absolute atomic E-state index is 14.3. The molecule has 0 aliphatic heterocycles. The quantitative estimate of drug-likeness (QED) is 0.783. The Bertz CT molecular complexity index is 686. The number of nitriles is 1. The summed E-state index contributed by atoms with van der Waals surface area (Å²) in [4.78, 5) is 12.0. The van der Waals surface area contributed by atoms with Crippen molar-refractivity contribution in [1.82, 2.24) is 0 Å². The minimum Gasteiger partial charge on any atom is -0.492 e. The molecule has 1 aliphatic carbocycles. The van der Waals surface area contributed by atoms with Crippen molar-refractivity contribution in [2.45, 2.75) is 64.5 Å². The summed E-state index contributed by atoms with van der Waals surface area (Å²) in [5, 5.41) is 9.21. The molecule has 1 fully saturated rings. The number of hydrogen-bond donors (Lipinski definition) is 1. The van der Waals surface area contributed by atoms with Crippen LogP contribution in [0.15, 0.2) is 12.1 Å². The molecule has 0 radical (unpaired) electrons. The summed E-state index contributed by atoms with van der Waals surface area (Å²) in [7, 11) is 0. The van der Waals surface area contributed by atoms with Crippen LogP contribution in [0, 0.1) is 23.1 Å². The van der Waals surface area contributed by atoms with E-state index in [-0.39, 0.29) is 17.7 Å². The van der Waals surface area contributed by atoms with Gasteiger partial charge in [0.15, 0.2) is 0 Å². The Morgan fingerprint density at radius 3 is 2.62 bits per heavy atom. The average Bonchev–Trinajstić information content (AvgIpc) is 3.04. The van der Waals surface area contributed by atoms with Crippen molar-refractivity contribution in [3.8, 4) is 11.8 Å². The molecule has 5 nitrogen and oxygen atoms in total. The monoisotopic (exact) mass is 362 g/mol. The van der Waals surface area contributed by atoms with E-state index in [9.17, 15) is 14.4 Å². The lowest BCUT2D eigenvalue weighted by atomic mass is 10.0. The highest BCUT2D eigenvalue weighted by atomic mass is 19.1. The Balaban J connectivity index is 2.10. The van der Waals surface area contributed by atoms with Gasteiger partial charge in [0.1, 0.15) is 34.8 Å². The van der Waals surface area contributed by atoms with Gasteiger partial charge in [-0.3, -0.25) is 4.79 Å². The summed E-state index contributed by atoms with van der Waals surface area (Å²) in [5.41, 5.74) is 5.65. The Morgan fingerprint density at radius 1 is 1.38 bits per heavy atom. The smallest absolute Gasteiger partial charge is 0.323 e. The molecule has 0 aromatic heterocycles. The Morgan fingerprint density at radius 2 is 2.04 bits per heavy atom. The van der Waals surface area contributed by atoms with Crippen molar-refractivity contribution >= 4 is 5.97 Å². The van der Waals surface area contributed by atoms with Crippen molar-refractivity contribution in [3.05, 3.63) is 29.1 Å². The maximum atomic E-state index is 14.3. The van der Waals surface area contributed by atoms with Crippen LogP contribution >= 0.6 is 0 Å². The van der Waals surface area contributed by atoms with E-state index in [0.717, 1.165) is 12.8 Å².